The molecule has 0 aliphatic rings. The molecule has 28 heavy (non-hydrogen) atoms. The Balaban J connectivity index is 1.64. The molecule has 2 aromatic heterocycles. The minimum absolute atomic E-state index is 0.0908. The van der Waals surface area contributed by atoms with Gasteiger partial charge in [0.25, 0.3) is 5.43 Å². The number of hydrogen-bond acceptors (Lipinski definition) is 4. The number of hydrogen-bond donors (Lipinski definition) is 2. The van der Waals surface area contributed by atoms with E-state index < -0.39 is 5.43 Å². The maximum absolute atomic E-state index is 12.2. The molecule has 1 radical (unpaired) electrons. The van der Waals surface area contributed by atoms with Crippen LogP contribution in [0.2, 0.25) is 0 Å². The van der Waals surface area contributed by atoms with Crippen LogP contribution in [0.5, 0.6) is 5.75 Å². The van der Waals surface area contributed by atoms with Gasteiger partial charge >= 0.3 is 0 Å². The van der Waals surface area contributed by atoms with Gasteiger partial charge in [-0.3, -0.25) is 9.89 Å². The highest BCUT2D eigenvalue weighted by Crippen LogP contribution is 2.28. The quantitative estimate of drug-likeness (QED) is 0.544. The molecule has 6 heteroatoms. The number of nitrogens with zero attached hydrogens (tertiary/aromatic N) is 3. The van der Waals surface area contributed by atoms with Crippen molar-refractivity contribution in [3.8, 4) is 17.3 Å². The molecular weight excluding hydrogens is 352 g/mol. The number of nitrogens with one attached hydrogen (secondary N) is 1. The first-order valence-corrected chi connectivity index (χ1v) is 8.96. The molecule has 0 bridgehead atoms. The van der Waals surface area contributed by atoms with Crippen molar-refractivity contribution in [2.45, 2.75) is 12.5 Å². The summed E-state index contributed by atoms with van der Waals surface area (Å²) in [6.07, 6.45) is 6.75. The lowest BCUT2D eigenvalue weighted by Crippen LogP contribution is -2.13. The second kappa shape index (κ2) is 7.92. The Kier molecular flexibility index (Phi) is 5.01. The maximum atomic E-state index is 12.2. The summed E-state index contributed by atoms with van der Waals surface area (Å²) < 4.78 is 1.84. The lowest BCUT2D eigenvalue weighted by atomic mass is 9.88. The van der Waals surface area contributed by atoms with E-state index in [0.717, 1.165) is 6.20 Å². The summed E-state index contributed by atoms with van der Waals surface area (Å²) in [7, 11) is 0. The maximum Gasteiger partial charge on any atom is 0.252 e. The van der Waals surface area contributed by atoms with Gasteiger partial charge in [0.1, 0.15) is 0 Å². The summed E-state index contributed by atoms with van der Waals surface area (Å²) in [5, 5.41) is 16.2. The van der Waals surface area contributed by atoms with E-state index in [1.54, 1.807) is 12.4 Å². The fraction of sp³-hybridized carbons (Fsp3) is 0.0909. The Bertz CT molecular complexity index is 1060. The molecule has 0 unspecified atom stereocenters. The van der Waals surface area contributed by atoms with Gasteiger partial charge in [0.2, 0.25) is 0 Å². The average Bonchev–Trinajstić information content (AvgIpc) is 3.20. The second-order valence-electron chi connectivity index (χ2n) is 6.39. The molecule has 0 saturated carbocycles. The first-order chi connectivity index (χ1) is 13.7. The van der Waals surface area contributed by atoms with Crippen LogP contribution in [0.1, 0.15) is 17.0 Å². The molecule has 0 aliphatic heterocycles. The number of aromatic amines is 1. The largest absolute Gasteiger partial charge is 0.503 e. The monoisotopic (exact) mass is 371 g/mol. The lowest BCUT2D eigenvalue weighted by molar-refractivity contribution is 0.465. The van der Waals surface area contributed by atoms with Crippen molar-refractivity contribution in [2.75, 3.05) is 0 Å². The van der Waals surface area contributed by atoms with Crippen LogP contribution >= 0.6 is 0 Å². The van der Waals surface area contributed by atoms with E-state index in [4.69, 9.17) is 0 Å². The summed E-state index contributed by atoms with van der Waals surface area (Å²) in [5.41, 5.74) is 1.91. The van der Waals surface area contributed by atoms with E-state index in [1.165, 1.54) is 11.1 Å². The molecule has 2 heterocycles. The van der Waals surface area contributed by atoms with Crippen LogP contribution in [0.3, 0.4) is 0 Å². The Hall–Kier alpha value is -3.67. The van der Waals surface area contributed by atoms with Gasteiger partial charge in [0, 0.05) is 24.9 Å². The molecule has 4 aromatic rings. The van der Waals surface area contributed by atoms with Gasteiger partial charge in [0.15, 0.2) is 17.3 Å². The normalized spacial score (nSPS) is 11.0. The topological polar surface area (TPSA) is 83.8 Å². The average molecular weight is 371 g/mol. The third kappa shape index (κ3) is 3.57. The highest BCUT2D eigenvalue weighted by molar-refractivity contribution is 5.51. The van der Waals surface area contributed by atoms with Crippen molar-refractivity contribution in [2.24, 2.45) is 0 Å². The first-order valence-electron chi connectivity index (χ1n) is 8.96. The lowest BCUT2D eigenvalue weighted by Gasteiger charge is -2.18. The van der Waals surface area contributed by atoms with Crippen LogP contribution in [0.25, 0.3) is 11.5 Å². The molecular formula is C22H19N4O2. The van der Waals surface area contributed by atoms with Gasteiger partial charge in [-0.15, -0.1) is 0 Å². The predicted molar refractivity (Wildman–Crippen MR) is 107 cm³/mol. The molecule has 0 amide bonds. The molecule has 4 rings (SSSR count). The van der Waals surface area contributed by atoms with Crippen LogP contribution in [0.15, 0.2) is 84.0 Å². The van der Waals surface area contributed by atoms with E-state index in [1.807, 2.05) is 41.0 Å². The summed E-state index contributed by atoms with van der Waals surface area (Å²) in [6, 6.07) is 20.5. The van der Waals surface area contributed by atoms with Gasteiger partial charge in [0.05, 0.1) is 6.20 Å². The highest BCUT2D eigenvalue weighted by atomic mass is 16.3. The van der Waals surface area contributed by atoms with Gasteiger partial charge in [-0.2, -0.15) is 5.10 Å². The minimum atomic E-state index is -0.547. The Labute approximate surface area is 162 Å². The number of imidazole rings is 1. The van der Waals surface area contributed by atoms with Crippen molar-refractivity contribution in [3.05, 3.63) is 107 Å². The molecule has 2 aromatic carbocycles. The van der Waals surface area contributed by atoms with Crippen molar-refractivity contribution in [3.63, 3.8) is 0 Å². The van der Waals surface area contributed by atoms with Crippen LogP contribution in [-0.4, -0.2) is 24.9 Å². The van der Waals surface area contributed by atoms with E-state index in [9.17, 15) is 9.90 Å². The Morgan fingerprint density at radius 3 is 2.32 bits per heavy atom. The SMILES string of the molecule is O=c1c(O)c[nH]nc1-c1nccn1C[CH]C(c1ccccc1)c1ccccc1. The van der Waals surface area contributed by atoms with Crippen LogP contribution < -0.4 is 5.43 Å². The molecule has 0 spiro atoms. The summed E-state index contributed by atoms with van der Waals surface area (Å²) in [6.45, 7) is 0.528. The molecule has 6 nitrogen and oxygen atoms in total. The minimum Gasteiger partial charge on any atom is -0.503 e. The van der Waals surface area contributed by atoms with E-state index in [2.05, 4.69) is 45.9 Å². The Morgan fingerprint density at radius 1 is 1.04 bits per heavy atom. The van der Waals surface area contributed by atoms with Gasteiger partial charge in [-0.05, 0) is 17.5 Å². The van der Waals surface area contributed by atoms with E-state index in [-0.39, 0.29) is 17.4 Å². The standard InChI is InChI=1S/C22H19N4O2/c27-19-15-24-25-20(21(19)28)22-23-12-14-26(22)13-11-18(16-7-3-1-4-8-16)17-9-5-2-6-10-17/h1-12,14-15,18H,13H2,(H,24,28)(H,25,27). The summed E-state index contributed by atoms with van der Waals surface area (Å²) >= 11 is 0. The zero-order valence-corrected chi connectivity index (χ0v) is 15.1. The Morgan fingerprint density at radius 2 is 1.68 bits per heavy atom. The molecule has 0 atom stereocenters. The molecule has 0 saturated heterocycles. The second-order valence-corrected chi connectivity index (χ2v) is 6.39. The van der Waals surface area contributed by atoms with Crippen molar-refractivity contribution in [1.82, 2.24) is 19.7 Å². The van der Waals surface area contributed by atoms with Crippen molar-refractivity contribution >= 4 is 0 Å². The van der Waals surface area contributed by atoms with Crippen molar-refractivity contribution in [1.29, 1.82) is 0 Å². The van der Waals surface area contributed by atoms with Crippen molar-refractivity contribution < 1.29 is 5.11 Å². The summed E-state index contributed by atoms with van der Waals surface area (Å²) in [5.74, 6) is 0.122. The first kappa shape index (κ1) is 17.7. The fourth-order valence-corrected chi connectivity index (χ4v) is 3.23. The van der Waals surface area contributed by atoms with Gasteiger partial charge in [-0.25, -0.2) is 4.98 Å². The number of aromatic hydroxyl groups is 1. The molecule has 0 aliphatic carbocycles. The molecule has 2 N–H and O–H groups in total. The molecule has 0 fully saturated rings. The van der Waals surface area contributed by atoms with E-state index in [0.29, 0.717) is 12.4 Å². The predicted octanol–water partition coefficient (Wildman–Crippen LogP) is 3.38. The van der Waals surface area contributed by atoms with Crippen LogP contribution in [0, 0.1) is 6.42 Å². The smallest absolute Gasteiger partial charge is 0.252 e. The number of H-pyrrole nitrogens is 1. The zero-order chi connectivity index (χ0) is 19.3. The number of benzene rings is 2. The third-order valence-corrected chi connectivity index (χ3v) is 4.61. The molecule has 139 valence electrons. The van der Waals surface area contributed by atoms with E-state index >= 15 is 0 Å². The van der Waals surface area contributed by atoms with Gasteiger partial charge in [-0.1, -0.05) is 60.7 Å². The van der Waals surface area contributed by atoms with Gasteiger partial charge < -0.3 is 9.67 Å². The van der Waals surface area contributed by atoms with Crippen LogP contribution in [0.4, 0.5) is 0 Å². The van der Waals surface area contributed by atoms with Crippen LogP contribution in [-0.2, 0) is 6.54 Å². The fourth-order valence-electron chi connectivity index (χ4n) is 3.23. The number of rotatable bonds is 6. The number of aromatic nitrogens is 4. The zero-order valence-electron chi connectivity index (χ0n) is 15.1. The summed E-state index contributed by atoms with van der Waals surface area (Å²) in [4.78, 5) is 16.5. The highest BCUT2D eigenvalue weighted by Gasteiger charge is 2.18. The third-order valence-electron chi connectivity index (χ3n) is 4.61.